The molecule has 1 N–H and O–H groups in total. The quantitative estimate of drug-likeness (QED) is 0.598. The van der Waals surface area contributed by atoms with Crippen molar-refractivity contribution in [2.75, 3.05) is 0 Å². The second-order valence-electron chi connectivity index (χ2n) is 6.64. The first-order valence-corrected chi connectivity index (χ1v) is 10.1. The van der Waals surface area contributed by atoms with Crippen LogP contribution in [0.3, 0.4) is 0 Å². The molecule has 2 aromatic heterocycles. The van der Waals surface area contributed by atoms with Crippen LogP contribution in [0.25, 0.3) is 5.13 Å². The monoisotopic (exact) mass is 478 g/mol. The van der Waals surface area contributed by atoms with Gasteiger partial charge in [0.05, 0.1) is 18.2 Å². The maximum atomic E-state index is 13.4. The van der Waals surface area contributed by atoms with Gasteiger partial charge in [0.2, 0.25) is 5.13 Å². The maximum absolute atomic E-state index is 13.4. The van der Waals surface area contributed by atoms with E-state index >= 15 is 0 Å². The summed E-state index contributed by atoms with van der Waals surface area (Å²) < 4.78 is 28.8. The lowest BCUT2D eigenvalue weighted by atomic mass is 10.1. The number of aromatic nitrogens is 4. The van der Waals surface area contributed by atoms with Crippen molar-refractivity contribution < 1.29 is 13.6 Å². The lowest BCUT2D eigenvalue weighted by Gasteiger charge is -2.14. The van der Waals surface area contributed by atoms with Gasteiger partial charge in [-0.2, -0.15) is 15.0 Å². The summed E-state index contributed by atoms with van der Waals surface area (Å²) in [5.41, 5.74) is 0.702. The van der Waals surface area contributed by atoms with Crippen LogP contribution in [0.15, 0.2) is 35.2 Å². The highest BCUT2D eigenvalue weighted by Crippen LogP contribution is 2.56. The van der Waals surface area contributed by atoms with E-state index in [1.54, 1.807) is 19.1 Å². The number of benzene rings is 1. The molecule has 0 saturated heterocycles. The van der Waals surface area contributed by atoms with Crippen molar-refractivity contribution in [1.82, 2.24) is 25.1 Å². The van der Waals surface area contributed by atoms with E-state index in [0.717, 1.165) is 11.3 Å². The zero-order valence-corrected chi connectivity index (χ0v) is 17.3. The van der Waals surface area contributed by atoms with E-state index in [2.05, 4.69) is 36.3 Å². The van der Waals surface area contributed by atoms with E-state index < -0.39 is 23.8 Å². The molecule has 7 nitrogen and oxygen atoms in total. The number of alkyl halides is 2. The number of carbonyl (C=O) groups excluding carboxylic acids is 1. The Morgan fingerprint density at radius 1 is 1.45 bits per heavy atom. The lowest BCUT2D eigenvalue weighted by molar-refractivity contribution is 0.0936. The molecule has 0 radical (unpaired) electrons. The molecule has 29 heavy (non-hydrogen) atoms. The van der Waals surface area contributed by atoms with Gasteiger partial charge in [-0.1, -0.05) is 27.3 Å². The van der Waals surface area contributed by atoms with Crippen molar-refractivity contribution in [3.63, 3.8) is 0 Å². The van der Waals surface area contributed by atoms with Gasteiger partial charge in [-0.3, -0.25) is 4.79 Å². The molecule has 3 aromatic rings. The minimum absolute atomic E-state index is 0.206. The lowest BCUT2D eigenvalue weighted by Crippen LogP contribution is -2.28. The Morgan fingerprint density at radius 3 is 2.86 bits per heavy atom. The number of nitrogens with zero attached hydrogens (tertiary/aromatic N) is 5. The number of thiazole rings is 1. The summed E-state index contributed by atoms with van der Waals surface area (Å²) in [7, 11) is 0. The smallest absolute Gasteiger partial charge is 0.255 e. The van der Waals surface area contributed by atoms with Gasteiger partial charge >= 0.3 is 0 Å². The van der Waals surface area contributed by atoms with E-state index in [0.29, 0.717) is 25.9 Å². The number of carbonyl (C=O) groups is 1. The van der Waals surface area contributed by atoms with Crippen molar-refractivity contribution in [3.05, 3.63) is 57.0 Å². The minimum atomic E-state index is -2.71. The van der Waals surface area contributed by atoms with Gasteiger partial charge in [0.1, 0.15) is 17.3 Å². The molecular weight excluding hydrogens is 466 g/mol. The fourth-order valence-corrected chi connectivity index (χ4v) is 4.16. The molecule has 4 rings (SSSR count). The summed E-state index contributed by atoms with van der Waals surface area (Å²) in [6.45, 7) is 1.73. The average Bonchev–Trinajstić information content (AvgIpc) is 3.09. The molecule has 1 unspecified atom stereocenters. The van der Waals surface area contributed by atoms with Crippen LogP contribution >= 0.6 is 27.3 Å². The van der Waals surface area contributed by atoms with E-state index in [-0.39, 0.29) is 12.0 Å². The first-order valence-electron chi connectivity index (χ1n) is 8.54. The summed E-state index contributed by atoms with van der Waals surface area (Å²) in [4.78, 5) is 21.5. The summed E-state index contributed by atoms with van der Waals surface area (Å²) in [6, 6.07) is 6.15. The molecular formula is C18H13BrF2N6OS. The zero-order valence-electron chi connectivity index (χ0n) is 14.9. The third-order valence-corrected chi connectivity index (χ3v) is 5.84. The van der Waals surface area contributed by atoms with Crippen LogP contribution in [-0.4, -0.2) is 31.6 Å². The zero-order chi connectivity index (χ0) is 20.8. The standard InChI is InChI=1S/C18H13BrF2N6OS/c1-9(15-24-8-25-27(15)17-23-7-13(6-22)29-17)26-16(28)11-2-10(3-12(19)4-11)14-5-18(14,20)21/h2-4,7-9,14H,5H2,1H3,(H,26,28)/t9-,14?/m0/s1. The Kier molecular flexibility index (Phi) is 4.92. The average molecular weight is 479 g/mol. The first-order chi connectivity index (χ1) is 13.8. The molecule has 1 aromatic carbocycles. The van der Waals surface area contributed by atoms with Gasteiger partial charge < -0.3 is 5.32 Å². The molecule has 1 saturated carbocycles. The van der Waals surface area contributed by atoms with Crippen molar-refractivity contribution in [1.29, 1.82) is 5.26 Å². The molecule has 1 fully saturated rings. The fraction of sp³-hybridized carbons (Fsp3) is 0.278. The summed E-state index contributed by atoms with van der Waals surface area (Å²) in [6.07, 6.45) is 2.56. The Bertz CT molecular complexity index is 1140. The van der Waals surface area contributed by atoms with Gasteiger partial charge in [0, 0.05) is 16.5 Å². The number of halogens is 3. The Balaban J connectivity index is 1.54. The number of hydrogen-bond donors (Lipinski definition) is 1. The van der Waals surface area contributed by atoms with Crippen LogP contribution in [0.1, 0.15) is 51.9 Å². The van der Waals surface area contributed by atoms with Crippen LogP contribution in [0.5, 0.6) is 0 Å². The fourth-order valence-electron chi connectivity index (χ4n) is 2.97. The van der Waals surface area contributed by atoms with Crippen LogP contribution in [0, 0.1) is 11.3 Å². The Morgan fingerprint density at radius 2 is 2.21 bits per heavy atom. The van der Waals surface area contributed by atoms with E-state index in [1.165, 1.54) is 23.3 Å². The Labute approximate surface area is 176 Å². The molecule has 2 atom stereocenters. The molecule has 0 aliphatic heterocycles. The summed E-state index contributed by atoms with van der Waals surface area (Å²) in [5.74, 6) is -3.56. The van der Waals surface area contributed by atoms with Gasteiger partial charge in [-0.25, -0.2) is 18.7 Å². The molecule has 2 heterocycles. The van der Waals surface area contributed by atoms with E-state index in [4.69, 9.17) is 5.26 Å². The molecule has 1 aliphatic rings. The van der Waals surface area contributed by atoms with Crippen molar-refractivity contribution >= 4 is 33.2 Å². The van der Waals surface area contributed by atoms with Gasteiger partial charge in [0.15, 0.2) is 5.82 Å². The minimum Gasteiger partial charge on any atom is -0.342 e. The third-order valence-electron chi connectivity index (χ3n) is 4.50. The normalized spacial score (nSPS) is 18.1. The highest BCUT2D eigenvalue weighted by molar-refractivity contribution is 9.10. The summed E-state index contributed by atoms with van der Waals surface area (Å²) in [5, 5.41) is 16.3. The van der Waals surface area contributed by atoms with Gasteiger partial charge in [0.25, 0.3) is 11.8 Å². The summed E-state index contributed by atoms with van der Waals surface area (Å²) >= 11 is 4.44. The maximum Gasteiger partial charge on any atom is 0.255 e. The predicted molar refractivity (Wildman–Crippen MR) is 104 cm³/mol. The number of nitrogens with one attached hydrogen (secondary N) is 1. The topological polar surface area (TPSA) is 96.5 Å². The molecule has 11 heteroatoms. The van der Waals surface area contributed by atoms with Crippen LogP contribution < -0.4 is 5.32 Å². The number of amides is 1. The SMILES string of the molecule is C[C@H](NC(=O)c1cc(Br)cc(C2CC2(F)F)c1)c1ncnn1-c1ncc(C#N)s1. The van der Waals surface area contributed by atoms with E-state index in [1.807, 2.05) is 6.07 Å². The van der Waals surface area contributed by atoms with Gasteiger partial charge in [-0.15, -0.1) is 0 Å². The van der Waals surface area contributed by atoms with Gasteiger partial charge in [-0.05, 0) is 30.7 Å². The van der Waals surface area contributed by atoms with Crippen LogP contribution in [0.4, 0.5) is 8.78 Å². The Hall–Kier alpha value is -2.71. The van der Waals surface area contributed by atoms with Crippen molar-refractivity contribution in [2.24, 2.45) is 0 Å². The van der Waals surface area contributed by atoms with Crippen LogP contribution in [0.2, 0.25) is 0 Å². The molecule has 148 valence electrons. The molecule has 1 amide bonds. The predicted octanol–water partition coefficient (Wildman–Crippen LogP) is 3.97. The van der Waals surface area contributed by atoms with E-state index in [9.17, 15) is 13.6 Å². The highest BCUT2D eigenvalue weighted by Gasteiger charge is 2.57. The third kappa shape index (κ3) is 3.90. The first kappa shape index (κ1) is 19.6. The second-order valence-corrected chi connectivity index (χ2v) is 8.56. The molecule has 0 spiro atoms. The molecule has 0 bridgehead atoms. The number of nitriles is 1. The second kappa shape index (κ2) is 7.27. The largest absolute Gasteiger partial charge is 0.342 e. The molecule has 1 aliphatic carbocycles. The number of rotatable bonds is 5. The number of hydrogen-bond acceptors (Lipinski definition) is 6. The van der Waals surface area contributed by atoms with Crippen molar-refractivity contribution in [3.8, 4) is 11.2 Å². The highest BCUT2D eigenvalue weighted by atomic mass is 79.9. The van der Waals surface area contributed by atoms with Crippen LogP contribution in [-0.2, 0) is 0 Å². The van der Waals surface area contributed by atoms with Crippen molar-refractivity contribution in [2.45, 2.75) is 31.2 Å².